The minimum absolute atomic E-state index is 0.0486. The lowest BCUT2D eigenvalue weighted by atomic mass is 9.99. The van der Waals surface area contributed by atoms with Gasteiger partial charge < -0.3 is 4.90 Å². The van der Waals surface area contributed by atoms with E-state index >= 15 is 0 Å². The number of hydrogen-bond acceptors (Lipinski definition) is 1. The van der Waals surface area contributed by atoms with E-state index in [1.807, 2.05) is 4.90 Å². The van der Waals surface area contributed by atoms with Crippen molar-refractivity contribution in [3.63, 3.8) is 0 Å². The monoisotopic (exact) mass is 169 g/mol. The summed E-state index contributed by atoms with van der Waals surface area (Å²) in [5.41, 5.74) is 0.0486. The molecular weight excluding hydrogens is 150 g/mol. The molecule has 0 radical (unpaired) electrons. The third-order valence-corrected chi connectivity index (χ3v) is 2.77. The molecule has 70 valence electrons. The molecule has 0 unspecified atom stereocenters. The molecule has 0 aliphatic heterocycles. The molecule has 0 aromatic carbocycles. The van der Waals surface area contributed by atoms with E-state index in [1.54, 1.807) is 6.92 Å². The van der Waals surface area contributed by atoms with Gasteiger partial charge in [-0.1, -0.05) is 6.92 Å². The lowest BCUT2D eigenvalue weighted by molar-refractivity contribution is -0.135. The molecule has 2 heteroatoms. The van der Waals surface area contributed by atoms with Gasteiger partial charge in [-0.05, 0) is 33.1 Å². The van der Waals surface area contributed by atoms with Crippen molar-refractivity contribution in [2.24, 2.45) is 0 Å². The fraction of sp³-hybridized carbons (Fsp3) is 0.900. The van der Waals surface area contributed by atoms with Crippen LogP contribution in [0, 0.1) is 0 Å². The van der Waals surface area contributed by atoms with Crippen LogP contribution in [0.25, 0.3) is 0 Å². The van der Waals surface area contributed by atoms with Crippen molar-refractivity contribution in [1.29, 1.82) is 0 Å². The van der Waals surface area contributed by atoms with Gasteiger partial charge in [0.05, 0.1) is 0 Å². The minimum Gasteiger partial charge on any atom is -0.335 e. The van der Waals surface area contributed by atoms with E-state index < -0.39 is 0 Å². The zero-order chi connectivity index (χ0) is 9.35. The van der Waals surface area contributed by atoms with Crippen LogP contribution in [-0.4, -0.2) is 22.4 Å². The number of carbonyl (C=O) groups is 1. The van der Waals surface area contributed by atoms with Gasteiger partial charge >= 0.3 is 0 Å². The second-order valence-corrected chi connectivity index (χ2v) is 4.29. The largest absolute Gasteiger partial charge is 0.335 e. The molecule has 0 heterocycles. The summed E-state index contributed by atoms with van der Waals surface area (Å²) in [5, 5.41) is 0. The van der Waals surface area contributed by atoms with Crippen molar-refractivity contribution in [3.05, 3.63) is 0 Å². The first-order valence-corrected chi connectivity index (χ1v) is 4.79. The van der Waals surface area contributed by atoms with E-state index in [2.05, 4.69) is 20.8 Å². The third-order valence-electron chi connectivity index (χ3n) is 2.77. The molecule has 0 bridgehead atoms. The molecule has 0 atom stereocenters. The highest BCUT2D eigenvalue weighted by molar-refractivity contribution is 5.74. The highest BCUT2D eigenvalue weighted by atomic mass is 16.2. The Morgan fingerprint density at radius 2 is 2.00 bits per heavy atom. The number of rotatable bonds is 3. The first kappa shape index (κ1) is 9.56. The molecule has 1 rings (SSSR count). The zero-order valence-electron chi connectivity index (χ0n) is 8.55. The number of hydrogen-bond donors (Lipinski definition) is 0. The second-order valence-electron chi connectivity index (χ2n) is 4.29. The van der Waals surface area contributed by atoms with Crippen LogP contribution in [0.3, 0.4) is 0 Å². The molecule has 1 saturated carbocycles. The average Bonchev–Trinajstić information content (AvgIpc) is 2.70. The molecular formula is C10H19NO. The molecule has 0 saturated heterocycles. The predicted octanol–water partition coefficient (Wildman–Crippen LogP) is 2.19. The summed E-state index contributed by atoms with van der Waals surface area (Å²) >= 11 is 0. The normalized spacial score (nSPS) is 17.7. The molecule has 12 heavy (non-hydrogen) atoms. The lowest BCUT2D eigenvalue weighted by Crippen LogP contribution is -2.47. The lowest BCUT2D eigenvalue weighted by Gasteiger charge is -2.37. The van der Waals surface area contributed by atoms with Crippen molar-refractivity contribution < 1.29 is 4.79 Å². The average molecular weight is 169 g/mol. The Morgan fingerprint density at radius 1 is 1.50 bits per heavy atom. The van der Waals surface area contributed by atoms with E-state index in [0.717, 1.165) is 6.42 Å². The van der Waals surface area contributed by atoms with Crippen LogP contribution >= 0.6 is 0 Å². The van der Waals surface area contributed by atoms with E-state index in [0.29, 0.717) is 6.04 Å². The summed E-state index contributed by atoms with van der Waals surface area (Å²) in [4.78, 5) is 13.4. The van der Waals surface area contributed by atoms with Gasteiger partial charge in [-0.15, -0.1) is 0 Å². The first-order valence-electron chi connectivity index (χ1n) is 4.79. The van der Waals surface area contributed by atoms with E-state index in [1.165, 1.54) is 12.8 Å². The number of nitrogens with zero attached hydrogens (tertiary/aromatic N) is 1. The van der Waals surface area contributed by atoms with Gasteiger partial charge in [0.15, 0.2) is 0 Å². The van der Waals surface area contributed by atoms with Crippen LogP contribution in [0.15, 0.2) is 0 Å². The van der Waals surface area contributed by atoms with Crippen molar-refractivity contribution in [1.82, 2.24) is 4.90 Å². The van der Waals surface area contributed by atoms with Crippen LogP contribution in [0.5, 0.6) is 0 Å². The SMILES string of the molecule is CCC(C)(C)N(C(C)=O)C1CC1. The molecule has 0 aromatic heterocycles. The highest BCUT2D eigenvalue weighted by Crippen LogP contribution is 2.34. The molecule has 0 spiro atoms. The predicted molar refractivity (Wildman–Crippen MR) is 49.9 cm³/mol. The smallest absolute Gasteiger partial charge is 0.220 e. The maximum Gasteiger partial charge on any atom is 0.220 e. The quantitative estimate of drug-likeness (QED) is 0.634. The van der Waals surface area contributed by atoms with Crippen molar-refractivity contribution in [2.75, 3.05) is 0 Å². The zero-order valence-corrected chi connectivity index (χ0v) is 8.55. The Hall–Kier alpha value is -0.530. The third kappa shape index (κ3) is 1.79. The molecule has 0 N–H and O–H groups in total. The summed E-state index contributed by atoms with van der Waals surface area (Å²) in [6.45, 7) is 8.10. The molecule has 1 fully saturated rings. The van der Waals surface area contributed by atoms with Crippen molar-refractivity contribution in [2.45, 2.75) is 58.5 Å². The fourth-order valence-corrected chi connectivity index (χ4v) is 1.68. The summed E-state index contributed by atoms with van der Waals surface area (Å²) in [6, 6.07) is 0.539. The van der Waals surface area contributed by atoms with Crippen LogP contribution in [0.2, 0.25) is 0 Å². The minimum atomic E-state index is 0.0486. The van der Waals surface area contributed by atoms with E-state index in [9.17, 15) is 4.79 Å². The molecule has 1 aliphatic carbocycles. The second kappa shape index (κ2) is 3.08. The Morgan fingerprint density at radius 3 is 2.25 bits per heavy atom. The van der Waals surface area contributed by atoms with Crippen molar-refractivity contribution >= 4 is 5.91 Å². The number of carbonyl (C=O) groups excluding carboxylic acids is 1. The molecule has 1 aliphatic rings. The van der Waals surface area contributed by atoms with E-state index in [4.69, 9.17) is 0 Å². The molecule has 1 amide bonds. The standard InChI is InChI=1S/C10H19NO/c1-5-10(3,4)11(8(2)12)9-6-7-9/h9H,5-7H2,1-4H3. The topological polar surface area (TPSA) is 20.3 Å². The Bertz CT molecular complexity index is 182. The van der Waals surface area contributed by atoms with Crippen LogP contribution in [0.1, 0.15) is 47.0 Å². The summed E-state index contributed by atoms with van der Waals surface area (Å²) < 4.78 is 0. The maximum absolute atomic E-state index is 11.4. The summed E-state index contributed by atoms with van der Waals surface area (Å²) in [7, 11) is 0. The van der Waals surface area contributed by atoms with Crippen LogP contribution in [0.4, 0.5) is 0 Å². The van der Waals surface area contributed by atoms with Gasteiger partial charge in [0.25, 0.3) is 0 Å². The molecule has 2 nitrogen and oxygen atoms in total. The first-order chi connectivity index (χ1) is 5.49. The summed E-state index contributed by atoms with van der Waals surface area (Å²) in [5.74, 6) is 0.226. The van der Waals surface area contributed by atoms with Gasteiger partial charge in [-0.3, -0.25) is 4.79 Å². The Kier molecular flexibility index (Phi) is 2.45. The maximum atomic E-state index is 11.4. The highest BCUT2D eigenvalue weighted by Gasteiger charge is 2.38. The van der Waals surface area contributed by atoms with Crippen LogP contribution in [-0.2, 0) is 4.79 Å². The van der Waals surface area contributed by atoms with Crippen LogP contribution < -0.4 is 0 Å². The van der Waals surface area contributed by atoms with Gasteiger partial charge in [-0.25, -0.2) is 0 Å². The van der Waals surface area contributed by atoms with Gasteiger partial charge in [0, 0.05) is 18.5 Å². The van der Waals surface area contributed by atoms with Gasteiger partial charge in [0.2, 0.25) is 5.91 Å². The van der Waals surface area contributed by atoms with Gasteiger partial charge in [0.1, 0.15) is 0 Å². The van der Waals surface area contributed by atoms with Crippen molar-refractivity contribution in [3.8, 4) is 0 Å². The van der Waals surface area contributed by atoms with Gasteiger partial charge in [-0.2, -0.15) is 0 Å². The number of amides is 1. The van der Waals surface area contributed by atoms with E-state index in [-0.39, 0.29) is 11.4 Å². The fourth-order valence-electron chi connectivity index (χ4n) is 1.68. The Balaban J connectivity index is 2.70. The Labute approximate surface area is 74.9 Å². The summed E-state index contributed by atoms with van der Waals surface area (Å²) in [6.07, 6.45) is 3.43. The molecule has 0 aromatic rings.